The lowest BCUT2D eigenvalue weighted by molar-refractivity contribution is -0.139. The van der Waals surface area contributed by atoms with Gasteiger partial charge in [0.05, 0.1) is 20.8 Å². The Bertz CT molecular complexity index is 543. The fourth-order valence-corrected chi connectivity index (χ4v) is 2.49. The molecule has 0 aromatic heterocycles. The van der Waals surface area contributed by atoms with Crippen LogP contribution in [-0.2, 0) is 4.79 Å². The monoisotopic (exact) mass is 370 g/mol. The van der Waals surface area contributed by atoms with E-state index >= 15 is 0 Å². The fraction of sp³-hybridized carbons (Fsp3) is 0.333. The molecule has 116 valence electrons. The summed E-state index contributed by atoms with van der Waals surface area (Å²) < 4.78 is 0. The number of aliphatic carboxylic acids is 1. The van der Waals surface area contributed by atoms with Gasteiger partial charge < -0.3 is 15.7 Å². The molecular weight excluding hydrogens is 359 g/mol. The maximum absolute atomic E-state index is 11.8. The van der Waals surface area contributed by atoms with Crippen molar-refractivity contribution in [3.8, 4) is 0 Å². The van der Waals surface area contributed by atoms with Crippen molar-refractivity contribution in [2.45, 2.75) is 12.5 Å². The zero-order valence-corrected chi connectivity index (χ0v) is 14.0. The third kappa shape index (κ3) is 5.82. The molecule has 0 aliphatic heterocycles. The lowest BCUT2D eigenvalue weighted by atomic mass is 10.2. The number of carboxylic acid groups (broad SMARTS) is 1. The number of benzene rings is 1. The summed E-state index contributed by atoms with van der Waals surface area (Å²) in [7, 11) is 0. The molecule has 3 N–H and O–H groups in total. The molecule has 0 aliphatic rings. The third-order valence-electron chi connectivity index (χ3n) is 2.47. The van der Waals surface area contributed by atoms with Gasteiger partial charge in [0.25, 0.3) is 0 Å². The van der Waals surface area contributed by atoms with E-state index in [4.69, 9.17) is 39.9 Å². The average Bonchev–Trinajstić information content (AvgIpc) is 2.40. The summed E-state index contributed by atoms with van der Waals surface area (Å²) in [4.78, 5) is 22.9. The first-order valence-corrected chi connectivity index (χ1v) is 8.31. The lowest BCUT2D eigenvalue weighted by Crippen LogP contribution is -2.43. The number of urea groups is 1. The van der Waals surface area contributed by atoms with Crippen LogP contribution < -0.4 is 10.6 Å². The van der Waals surface area contributed by atoms with E-state index in [2.05, 4.69) is 10.6 Å². The summed E-state index contributed by atoms with van der Waals surface area (Å²) in [6, 6.07) is 1.13. The number of thioether (sulfide) groups is 1. The first kappa shape index (κ1) is 18.2. The molecule has 0 heterocycles. The number of anilines is 1. The molecule has 1 aromatic carbocycles. The van der Waals surface area contributed by atoms with Gasteiger partial charge in [-0.25, -0.2) is 9.59 Å². The molecule has 0 fully saturated rings. The molecular formula is C12H13Cl3N2O3S. The smallest absolute Gasteiger partial charge is 0.326 e. The first-order valence-electron chi connectivity index (χ1n) is 5.79. The zero-order chi connectivity index (χ0) is 16.0. The molecule has 0 unspecified atom stereocenters. The Kier molecular flexibility index (Phi) is 7.45. The lowest BCUT2D eigenvalue weighted by Gasteiger charge is -2.15. The van der Waals surface area contributed by atoms with Crippen LogP contribution in [0.4, 0.5) is 10.5 Å². The second-order valence-corrected chi connectivity index (χ2v) is 6.22. The van der Waals surface area contributed by atoms with Crippen molar-refractivity contribution in [2.24, 2.45) is 0 Å². The van der Waals surface area contributed by atoms with Gasteiger partial charge in [-0.1, -0.05) is 34.8 Å². The molecule has 9 heteroatoms. The number of halogens is 3. The Hall–Kier alpha value is -0.820. The summed E-state index contributed by atoms with van der Waals surface area (Å²) in [5.41, 5.74) is 0.248. The Morgan fingerprint density at radius 1 is 1.24 bits per heavy atom. The molecule has 1 aromatic rings. The Balaban J connectivity index is 2.72. The Morgan fingerprint density at radius 3 is 2.43 bits per heavy atom. The van der Waals surface area contributed by atoms with E-state index < -0.39 is 18.0 Å². The average molecular weight is 372 g/mol. The second-order valence-electron chi connectivity index (χ2n) is 4.02. The van der Waals surface area contributed by atoms with Crippen LogP contribution in [0.15, 0.2) is 12.1 Å². The SMILES string of the molecule is CSCC[C@H](NC(=O)Nc1cc(Cl)c(Cl)cc1Cl)C(=O)O. The van der Waals surface area contributed by atoms with E-state index in [0.29, 0.717) is 12.2 Å². The van der Waals surface area contributed by atoms with Crippen molar-refractivity contribution in [1.29, 1.82) is 0 Å². The topological polar surface area (TPSA) is 78.4 Å². The third-order valence-corrected chi connectivity index (χ3v) is 4.15. The van der Waals surface area contributed by atoms with Crippen LogP contribution in [0.5, 0.6) is 0 Å². The van der Waals surface area contributed by atoms with Crippen molar-refractivity contribution in [3.63, 3.8) is 0 Å². The standard InChI is InChI=1S/C12H13Cl3N2O3S/c1-21-3-2-9(11(18)19)16-12(20)17-10-5-7(14)6(13)4-8(10)15/h4-5,9H,2-3H2,1H3,(H,18,19)(H2,16,17,20)/t9-/m0/s1. The van der Waals surface area contributed by atoms with Crippen LogP contribution in [-0.4, -0.2) is 35.2 Å². The van der Waals surface area contributed by atoms with Gasteiger partial charge in [0.2, 0.25) is 0 Å². The van der Waals surface area contributed by atoms with Gasteiger partial charge in [0.15, 0.2) is 0 Å². The predicted octanol–water partition coefficient (Wildman–Crippen LogP) is 3.97. The van der Waals surface area contributed by atoms with Crippen molar-refractivity contribution < 1.29 is 14.7 Å². The molecule has 5 nitrogen and oxygen atoms in total. The van der Waals surface area contributed by atoms with Crippen LogP contribution in [0.25, 0.3) is 0 Å². The van der Waals surface area contributed by atoms with Crippen molar-refractivity contribution in [1.82, 2.24) is 5.32 Å². The number of carboxylic acids is 1. The van der Waals surface area contributed by atoms with Gasteiger partial charge in [-0.15, -0.1) is 0 Å². The molecule has 0 bridgehead atoms. The highest BCUT2D eigenvalue weighted by atomic mass is 35.5. The van der Waals surface area contributed by atoms with Crippen molar-refractivity contribution in [2.75, 3.05) is 17.3 Å². The van der Waals surface area contributed by atoms with Gasteiger partial charge in [-0.05, 0) is 30.6 Å². The molecule has 2 amide bonds. The van der Waals surface area contributed by atoms with Gasteiger partial charge in [0.1, 0.15) is 6.04 Å². The molecule has 21 heavy (non-hydrogen) atoms. The van der Waals surface area contributed by atoms with Crippen LogP contribution >= 0.6 is 46.6 Å². The van der Waals surface area contributed by atoms with Crippen molar-refractivity contribution >= 4 is 64.3 Å². The number of hydrogen-bond donors (Lipinski definition) is 3. The Morgan fingerprint density at radius 2 is 1.86 bits per heavy atom. The van der Waals surface area contributed by atoms with Crippen molar-refractivity contribution in [3.05, 3.63) is 27.2 Å². The highest BCUT2D eigenvalue weighted by molar-refractivity contribution is 7.98. The minimum Gasteiger partial charge on any atom is -0.480 e. The summed E-state index contributed by atoms with van der Waals surface area (Å²) in [5, 5.41) is 14.5. The number of nitrogens with one attached hydrogen (secondary N) is 2. The molecule has 1 atom stereocenters. The zero-order valence-electron chi connectivity index (χ0n) is 11.0. The summed E-state index contributed by atoms with van der Waals surface area (Å²) in [5.74, 6) is -0.482. The number of carbonyl (C=O) groups is 2. The van der Waals surface area contributed by atoms with Gasteiger partial charge in [-0.2, -0.15) is 11.8 Å². The molecule has 0 saturated carbocycles. The normalized spacial score (nSPS) is 11.8. The van der Waals surface area contributed by atoms with Gasteiger partial charge in [-0.3, -0.25) is 0 Å². The maximum atomic E-state index is 11.8. The first-order chi connectivity index (χ1) is 9.85. The highest BCUT2D eigenvalue weighted by Crippen LogP contribution is 2.32. The Labute approximate surface area is 141 Å². The van der Waals surface area contributed by atoms with E-state index in [9.17, 15) is 9.59 Å². The summed E-state index contributed by atoms with van der Waals surface area (Å²) >= 11 is 19.0. The van der Waals surface area contributed by atoms with Crippen LogP contribution in [0.3, 0.4) is 0 Å². The largest absolute Gasteiger partial charge is 0.480 e. The van der Waals surface area contributed by atoms with E-state index in [1.165, 1.54) is 23.9 Å². The molecule has 0 saturated heterocycles. The van der Waals surface area contributed by atoms with E-state index in [-0.39, 0.29) is 20.8 Å². The highest BCUT2D eigenvalue weighted by Gasteiger charge is 2.20. The number of amides is 2. The van der Waals surface area contributed by atoms with Crippen LogP contribution in [0, 0.1) is 0 Å². The summed E-state index contributed by atoms with van der Waals surface area (Å²) in [6.45, 7) is 0. The van der Waals surface area contributed by atoms with Crippen LogP contribution in [0.2, 0.25) is 15.1 Å². The molecule has 1 rings (SSSR count). The van der Waals surface area contributed by atoms with Gasteiger partial charge >= 0.3 is 12.0 Å². The second kappa shape index (κ2) is 8.58. The minimum atomic E-state index is -1.10. The fourth-order valence-electron chi connectivity index (χ4n) is 1.43. The van der Waals surface area contributed by atoms with Crippen LogP contribution in [0.1, 0.15) is 6.42 Å². The molecule has 0 radical (unpaired) electrons. The van der Waals surface area contributed by atoms with E-state index in [1.807, 2.05) is 6.26 Å². The quantitative estimate of drug-likeness (QED) is 0.661. The predicted molar refractivity (Wildman–Crippen MR) is 88.0 cm³/mol. The number of carbonyl (C=O) groups excluding carboxylic acids is 1. The number of rotatable bonds is 6. The molecule has 0 aliphatic carbocycles. The van der Waals surface area contributed by atoms with E-state index in [0.717, 1.165) is 0 Å². The maximum Gasteiger partial charge on any atom is 0.326 e. The van der Waals surface area contributed by atoms with E-state index in [1.54, 1.807) is 0 Å². The number of hydrogen-bond acceptors (Lipinski definition) is 3. The minimum absolute atomic E-state index is 0.204. The summed E-state index contributed by atoms with van der Waals surface area (Å²) in [6.07, 6.45) is 2.17. The molecule has 0 spiro atoms. The van der Waals surface area contributed by atoms with Gasteiger partial charge in [0, 0.05) is 0 Å².